The van der Waals surface area contributed by atoms with Crippen molar-refractivity contribution in [3.63, 3.8) is 0 Å². The molecule has 3 N–H and O–H groups in total. The van der Waals surface area contributed by atoms with Crippen LogP contribution in [0.4, 0.5) is 5.69 Å². The van der Waals surface area contributed by atoms with E-state index in [1.165, 1.54) is 11.6 Å². The molecule has 1 aliphatic rings. The summed E-state index contributed by atoms with van der Waals surface area (Å²) in [6, 6.07) is 15.1. The fraction of sp³-hybridized carbons (Fsp3) is 0.200. The fourth-order valence-corrected chi connectivity index (χ4v) is 4.55. The second-order valence-electron chi connectivity index (χ2n) is 8.08. The second kappa shape index (κ2) is 8.42. The normalized spacial score (nSPS) is 12.9. The van der Waals surface area contributed by atoms with E-state index >= 15 is 0 Å². The lowest BCUT2D eigenvalue weighted by molar-refractivity contribution is 0.0695. The van der Waals surface area contributed by atoms with Crippen molar-refractivity contribution < 1.29 is 19.7 Å². The van der Waals surface area contributed by atoms with Crippen LogP contribution >= 0.6 is 11.6 Å². The molecular formula is C25H22ClN3O4. The highest BCUT2D eigenvalue weighted by molar-refractivity contribution is 6.34. The monoisotopic (exact) mass is 463 g/mol. The zero-order valence-electron chi connectivity index (χ0n) is 17.9. The summed E-state index contributed by atoms with van der Waals surface area (Å²) in [5.74, 6) is -0.623. The van der Waals surface area contributed by atoms with Crippen molar-refractivity contribution in [2.45, 2.75) is 13.3 Å². The van der Waals surface area contributed by atoms with Crippen LogP contribution in [0.2, 0.25) is 5.02 Å². The van der Waals surface area contributed by atoms with E-state index in [9.17, 15) is 15.0 Å². The van der Waals surface area contributed by atoms with E-state index in [0.717, 1.165) is 35.3 Å². The molecule has 168 valence electrons. The topological polar surface area (TPSA) is 98.7 Å². The number of carbonyl (C=O) groups is 1. The molecule has 0 bridgehead atoms. The standard InChI is InChI=1S/C25H22ClN3O4/c1-14-2-4-17(11-18(14)24(31)32)33-25-27-21-12-19(20(26)13-22(21)28-25)15-3-5-23-16(10-15)6-7-29(23)8-9-30/h2-5,10-13,30H,6-9H2,1H3,(H,27,28)(H,31,32). The number of ether oxygens (including phenoxy) is 1. The molecule has 0 radical (unpaired) electrons. The van der Waals surface area contributed by atoms with Crippen LogP contribution < -0.4 is 9.64 Å². The maximum absolute atomic E-state index is 11.4. The zero-order chi connectivity index (χ0) is 23.1. The van der Waals surface area contributed by atoms with Crippen molar-refractivity contribution >= 4 is 34.3 Å². The van der Waals surface area contributed by atoms with E-state index < -0.39 is 5.97 Å². The number of nitrogens with zero attached hydrogens (tertiary/aromatic N) is 2. The Labute approximate surface area is 195 Å². The molecule has 0 aliphatic carbocycles. The molecule has 0 unspecified atom stereocenters. The van der Waals surface area contributed by atoms with Gasteiger partial charge in [-0.2, -0.15) is 4.98 Å². The maximum Gasteiger partial charge on any atom is 0.336 e. The first-order chi connectivity index (χ1) is 15.9. The van der Waals surface area contributed by atoms with Crippen LogP contribution in [0.3, 0.4) is 0 Å². The number of halogens is 1. The number of hydrogen-bond acceptors (Lipinski definition) is 5. The number of hydrogen-bond donors (Lipinski definition) is 3. The summed E-state index contributed by atoms with van der Waals surface area (Å²) in [6.07, 6.45) is 0.929. The number of benzene rings is 3. The van der Waals surface area contributed by atoms with Crippen molar-refractivity contribution in [3.05, 3.63) is 70.2 Å². The Bertz CT molecular complexity index is 1380. The molecule has 8 heteroatoms. The summed E-state index contributed by atoms with van der Waals surface area (Å²) in [4.78, 5) is 21.2. The third-order valence-electron chi connectivity index (χ3n) is 5.96. The molecule has 2 heterocycles. The summed E-state index contributed by atoms with van der Waals surface area (Å²) < 4.78 is 5.79. The third-order valence-corrected chi connectivity index (χ3v) is 6.27. The average molecular weight is 464 g/mol. The smallest absolute Gasteiger partial charge is 0.336 e. The average Bonchev–Trinajstić information content (AvgIpc) is 3.37. The number of carboxylic acid groups (broad SMARTS) is 1. The Balaban J connectivity index is 1.46. The van der Waals surface area contributed by atoms with E-state index in [2.05, 4.69) is 27.0 Å². The largest absolute Gasteiger partial charge is 0.478 e. The van der Waals surface area contributed by atoms with Crippen molar-refractivity contribution in [2.24, 2.45) is 0 Å². The predicted octanol–water partition coefficient (Wildman–Crippen LogP) is 5.04. The van der Waals surface area contributed by atoms with Gasteiger partial charge >= 0.3 is 5.97 Å². The van der Waals surface area contributed by atoms with Gasteiger partial charge < -0.3 is 24.8 Å². The summed E-state index contributed by atoms with van der Waals surface area (Å²) in [7, 11) is 0. The van der Waals surface area contributed by atoms with E-state index in [1.54, 1.807) is 19.1 Å². The first-order valence-electron chi connectivity index (χ1n) is 10.6. The number of fused-ring (bicyclic) bond motifs is 2. The van der Waals surface area contributed by atoms with Gasteiger partial charge in [-0.05, 0) is 66.4 Å². The molecule has 0 spiro atoms. The first-order valence-corrected chi connectivity index (χ1v) is 11.0. The van der Waals surface area contributed by atoms with Crippen LogP contribution in [-0.4, -0.2) is 45.8 Å². The first kappa shape index (κ1) is 21.3. The van der Waals surface area contributed by atoms with Gasteiger partial charge in [0.1, 0.15) is 5.75 Å². The van der Waals surface area contributed by atoms with Crippen LogP contribution in [0.5, 0.6) is 11.8 Å². The molecule has 0 amide bonds. The lowest BCUT2D eigenvalue weighted by Gasteiger charge is -2.18. The highest BCUT2D eigenvalue weighted by Gasteiger charge is 2.20. The van der Waals surface area contributed by atoms with E-state index in [4.69, 9.17) is 16.3 Å². The predicted molar refractivity (Wildman–Crippen MR) is 128 cm³/mol. The highest BCUT2D eigenvalue weighted by atomic mass is 35.5. The summed E-state index contributed by atoms with van der Waals surface area (Å²) >= 11 is 6.61. The van der Waals surface area contributed by atoms with Crippen molar-refractivity contribution in [1.29, 1.82) is 0 Å². The van der Waals surface area contributed by atoms with Gasteiger partial charge in [0, 0.05) is 24.3 Å². The van der Waals surface area contributed by atoms with Crippen molar-refractivity contribution in [3.8, 4) is 22.9 Å². The fourth-order valence-electron chi connectivity index (χ4n) is 4.27. The minimum absolute atomic E-state index is 0.132. The molecule has 5 rings (SSSR count). The number of aryl methyl sites for hydroxylation is 1. The number of rotatable bonds is 6. The van der Waals surface area contributed by atoms with E-state index in [1.807, 2.05) is 18.2 Å². The van der Waals surface area contributed by atoms with Gasteiger partial charge in [0.15, 0.2) is 0 Å². The van der Waals surface area contributed by atoms with Gasteiger partial charge in [-0.15, -0.1) is 0 Å². The molecule has 33 heavy (non-hydrogen) atoms. The molecule has 0 atom stereocenters. The number of aliphatic hydroxyl groups excluding tert-OH is 1. The Morgan fingerprint density at radius 1 is 1.21 bits per heavy atom. The number of H-pyrrole nitrogens is 1. The Morgan fingerprint density at radius 2 is 2.06 bits per heavy atom. The molecule has 1 aliphatic heterocycles. The molecule has 0 saturated heterocycles. The SMILES string of the molecule is Cc1ccc(Oc2nc3cc(-c4ccc5c(c4)CCN5CCO)c(Cl)cc3[nH]2)cc1C(=O)O. The molecular weight excluding hydrogens is 442 g/mol. The number of aliphatic hydroxyl groups is 1. The van der Waals surface area contributed by atoms with Crippen molar-refractivity contribution in [2.75, 3.05) is 24.6 Å². The van der Waals surface area contributed by atoms with Gasteiger partial charge in [-0.3, -0.25) is 0 Å². The quantitative estimate of drug-likeness (QED) is 0.370. The van der Waals surface area contributed by atoms with Gasteiger partial charge in [-0.1, -0.05) is 23.7 Å². The Kier molecular flexibility index (Phi) is 5.44. The van der Waals surface area contributed by atoms with Gasteiger partial charge in [-0.25, -0.2) is 4.79 Å². The second-order valence-corrected chi connectivity index (χ2v) is 8.49. The number of anilines is 1. The number of β-amino-alcohol motifs (C(OH)–C–C–N with tert-alkyl or cyclic N) is 1. The molecule has 7 nitrogen and oxygen atoms in total. The Hall–Kier alpha value is -3.55. The van der Waals surface area contributed by atoms with Crippen LogP contribution in [0, 0.1) is 6.92 Å². The third kappa shape index (κ3) is 4.01. The summed E-state index contributed by atoms with van der Waals surface area (Å²) in [6.45, 7) is 3.40. The zero-order valence-corrected chi connectivity index (χ0v) is 18.7. The van der Waals surface area contributed by atoms with Gasteiger partial charge in [0.05, 0.1) is 28.2 Å². The molecule has 0 saturated carbocycles. The van der Waals surface area contributed by atoms with Crippen LogP contribution in [-0.2, 0) is 6.42 Å². The molecule has 4 aromatic rings. The van der Waals surface area contributed by atoms with Crippen LogP contribution in [0.1, 0.15) is 21.5 Å². The summed E-state index contributed by atoms with van der Waals surface area (Å²) in [5.41, 5.74) is 6.51. The van der Waals surface area contributed by atoms with Crippen LogP contribution in [0.15, 0.2) is 48.5 Å². The number of aromatic nitrogens is 2. The maximum atomic E-state index is 11.4. The minimum Gasteiger partial charge on any atom is -0.478 e. The number of carboxylic acids is 1. The summed E-state index contributed by atoms with van der Waals surface area (Å²) in [5, 5.41) is 19.2. The number of imidazole rings is 1. The molecule has 0 fully saturated rings. The van der Waals surface area contributed by atoms with E-state index in [-0.39, 0.29) is 18.2 Å². The van der Waals surface area contributed by atoms with Gasteiger partial charge in [0.2, 0.25) is 0 Å². The highest BCUT2D eigenvalue weighted by Crippen LogP contribution is 2.37. The lowest BCUT2D eigenvalue weighted by atomic mass is 10.0. The lowest BCUT2D eigenvalue weighted by Crippen LogP contribution is -2.23. The number of aromatic amines is 1. The van der Waals surface area contributed by atoms with Crippen molar-refractivity contribution in [1.82, 2.24) is 9.97 Å². The molecule has 3 aromatic carbocycles. The molecule has 1 aromatic heterocycles. The van der Waals surface area contributed by atoms with Crippen LogP contribution in [0.25, 0.3) is 22.2 Å². The number of aromatic carboxylic acids is 1. The number of nitrogens with one attached hydrogen (secondary N) is 1. The van der Waals surface area contributed by atoms with Gasteiger partial charge in [0.25, 0.3) is 6.01 Å². The Morgan fingerprint density at radius 3 is 2.85 bits per heavy atom. The minimum atomic E-state index is -1.01. The van der Waals surface area contributed by atoms with E-state index in [0.29, 0.717) is 28.4 Å².